The predicted molar refractivity (Wildman–Crippen MR) is 116 cm³/mol. The second-order valence-electron chi connectivity index (χ2n) is 7.90. The van der Waals surface area contributed by atoms with Crippen molar-refractivity contribution in [1.82, 2.24) is 4.57 Å². The third-order valence-electron chi connectivity index (χ3n) is 6.26. The van der Waals surface area contributed by atoms with Gasteiger partial charge in [-0.1, -0.05) is 52.7 Å². The van der Waals surface area contributed by atoms with Crippen molar-refractivity contribution in [1.29, 1.82) is 0 Å². The average Bonchev–Trinajstić information content (AvgIpc) is 2.95. The molecular formula is C25H35N. The molecule has 2 aromatic carbocycles. The Bertz CT molecular complexity index is 799. The molecule has 1 heterocycles. The van der Waals surface area contributed by atoms with Gasteiger partial charge in [0.25, 0.3) is 0 Å². The van der Waals surface area contributed by atoms with E-state index in [1.54, 1.807) is 0 Å². The highest BCUT2D eigenvalue weighted by Gasteiger charge is 2.15. The van der Waals surface area contributed by atoms with Gasteiger partial charge in [0.05, 0.1) is 0 Å². The molecule has 0 aliphatic heterocycles. The number of nitrogens with zero attached hydrogens (tertiary/aromatic N) is 1. The molecular weight excluding hydrogens is 314 g/mol. The van der Waals surface area contributed by atoms with Gasteiger partial charge in [-0.05, 0) is 72.9 Å². The van der Waals surface area contributed by atoms with Gasteiger partial charge in [-0.25, -0.2) is 0 Å². The van der Waals surface area contributed by atoms with Gasteiger partial charge in [-0.2, -0.15) is 0 Å². The van der Waals surface area contributed by atoms with Crippen LogP contribution in [-0.2, 0) is 7.05 Å². The molecule has 3 rings (SSSR count). The summed E-state index contributed by atoms with van der Waals surface area (Å²) >= 11 is 0. The Labute approximate surface area is 159 Å². The number of rotatable bonds is 8. The van der Waals surface area contributed by atoms with Crippen molar-refractivity contribution in [3.63, 3.8) is 0 Å². The molecule has 0 saturated carbocycles. The van der Waals surface area contributed by atoms with Gasteiger partial charge in [-0.3, -0.25) is 0 Å². The summed E-state index contributed by atoms with van der Waals surface area (Å²) in [5.41, 5.74) is 5.74. The third-order valence-corrected chi connectivity index (χ3v) is 6.26. The Hall–Kier alpha value is -1.76. The first kappa shape index (κ1) is 19.0. The molecule has 1 aromatic heterocycles. The van der Waals surface area contributed by atoms with E-state index in [0.717, 1.165) is 0 Å². The molecule has 0 N–H and O–H groups in total. The lowest BCUT2D eigenvalue weighted by Gasteiger charge is -2.15. The van der Waals surface area contributed by atoms with Gasteiger partial charge in [0, 0.05) is 28.9 Å². The summed E-state index contributed by atoms with van der Waals surface area (Å²) in [7, 11) is 2.21. The van der Waals surface area contributed by atoms with E-state index < -0.39 is 0 Å². The van der Waals surface area contributed by atoms with E-state index in [1.165, 1.54) is 71.5 Å². The van der Waals surface area contributed by atoms with E-state index in [-0.39, 0.29) is 0 Å². The van der Waals surface area contributed by atoms with Crippen LogP contribution in [0.1, 0.15) is 89.2 Å². The lowest BCUT2D eigenvalue weighted by atomic mass is 9.89. The summed E-state index contributed by atoms with van der Waals surface area (Å²) in [5, 5.41) is 2.87. The Morgan fingerprint density at radius 2 is 1.12 bits per heavy atom. The number of aromatic nitrogens is 1. The monoisotopic (exact) mass is 349 g/mol. The fraction of sp³-hybridized carbons (Fsp3) is 0.520. The van der Waals surface area contributed by atoms with E-state index in [2.05, 4.69) is 75.7 Å². The SMILES string of the molecule is CCCC(CC)c1ccc2c(c1)c1cc(C(CC)CCC)ccc1n2C. The summed E-state index contributed by atoms with van der Waals surface area (Å²) in [6, 6.07) is 14.4. The summed E-state index contributed by atoms with van der Waals surface area (Å²) in [4.78, 5) is 0. The highest BCUT2D eigenvalue weighted by Crippen LogP contribution is 2.35. The maximum atomic E-state index is 2.48. The van der Waals surface area contributed by atoms with Crippen LogP contribution in [0.4, 0.5) is 0 Å². The fourth-order valence-corrected chi connectivity index (χ4v) is 4.67. The lowest BCUT2D eigenvalue weighted by molar-refractivity contribution is 0.596. The predicted octanol–water partition coefficient (Wildman–Crippen LogP) is 7.92. The van der Waals surface area contributed by atoms with E-state index in [4.69, 9.17) is 0 Å². The zero-order valence-electron chi connectivity index (χ0n) is 17.3. The Kier molecular flexibility index (Phi) is 6.06. The first-order valence-corrected chi connectivity index (χ1v) is 10.7. The molecule has 0 fully saturated rings. The van der Waals surface area contributed by atoms with Crippen molar-refractivity contribution in [2.75, 3.05) is 0 Å². The number of hydrogen-bond donors (Lipinski definition) is 0. The second kappa shape index (κ2) is 8.29. The molecule has 0 radical (unpaired) electrons. The van der Waals surface area contributed by atoms with Crippen LogP contribution in [0.5, 0.6) is 0 Å². The summed E-state index contributed by atoms with van der Waals surface area (Å²) in [5.74, 6) is 1.37. The second-order valence-corrected chi connectivity index (χ2v) is 7.90. The molecule has 2 atom stereocenters. The standard InChI is InChI=1S/C25H35N/c1-6-10-18(8-3)20-12-14-24-22(16-20)23-17-21(19(9-4)11-7-2)13-15-25(23)26(24)5/h12-19H,6-11H2,1-5H3. The highest BCUT2D eigenvalue weighted by molar-refractivity contribution is 6.08. The fourth-order valence-electron chi connectivity index (χ4n) is 4.67. The van der Waals surface area contributed by atoms with Crippen molar-refractivity contribution >= 4 is 21.8 Å². The van der Waals surface area contributed by atoms with Gasteiger partial charge in [0.1, 0.15) is 0 Å². The zero-order chi connectivity index (χ0) is 18.7. The van der Waals surface area contributed by atoms with E-state index in [9.17, 15) is 0 Å². The van der Waals surface area contributed by atoms with Crippen LogP contribution < -0.4 is 0 Å². The largest absolute Gasteiger partial charge is 0.344 e. The van der Waals surface area contributed by atoms with Crippen molar-refractivity contribution in [2.24, 2.45) is 7.05 Å². The number of hydrogen-bond acceptors (Lipinski definition) is 0. The smallest absolute Gasteiger partial charge is 0.0488 e. The minimum Gasteiger partial charge on any atom is -0.344 e. The quantitative estimate of drug-likeness (QED) is 0.389. The number of fused-ring (bicyclic) bond motifs is 3. The van der Waals surface area contributed by atoms with Crippen LogP contribution in [0.25, 0.3) is 21.8 Å². The Balaban J connectivity index is 2.16. The van der Waals surface area contributed by atoms with Crippen LogP contribution in [0.3, 0.4) is 0 Å². The minimum atomic E-state index is 0.686. The van der Waals surface area contributed by atoms with Crippen molar-refractivity contribution in [2.45, 2.75) is 78.1 Å². The molecule has 3 aromatic rings. The highest BCUT2D eigenvalue weighted by atomic mass is 14.9. The van der Waals surface area contributed by atoms with Gasteiger partial charge in [-0.15, -0.1) is 0 Å². The van der Waals surface area contributed by atoms with E-state index in [0.29, 0.717) is 11.8 Å². The van der Waals surface area contributed by atoms with Crippen molar-refractivity contribution in [3.05, 3.63) is 47.5 Å². The molecule has 1 heteroatoms. The van der Waals surface area contributed by atoms with E-state index in [1.807, 2.05) is 0 Å². The maximum absolute atomic E-state index is 2.48. The van der Waals surface area contributed by atoms with Gasteiger partial charge in [0.2, 0.25) is 0 Å². The van der Waals surface area contributed by atoms with Gasteiger partial charge >= 0.3 is 0 Å². The average molecular weight is 350 g/mol. The van der Waals surface area contributed by atoms with Crippen LogP contribution in [0.2, 0.25) is 0 Å². The molecule has 0 bridgehead atoms. The van der Waals surface area contributed by atoms with Gasteiger partial charge in [0.15, 0.2) is 0 Å². The summed E-state index contributed by atoms with van der Waals surface area (Å²) in [6.45, 7) is 9.23. The molecule has 1 nitrogen and oxygen atoms in total. The molecule has 0 amide bonds. The van der Waals surface area contributed by atoms with Crippen molar-refractivity contribution in [3.8, 4) is 0 Å². The Morgan fingerprint density at radius 1 is 0.692 bits per heavy atom. The van der Waals surface area contributed by atoms with E-state index >= 15 is 0 Å². The Morgan fingerprint density at radius 3 is 1.46 bits per heavy atom. The maximum Gasteiger partial charge on any atom is 0.0488 e. The lowest BCUT2D eigenvalue weighted by Crippen LogP contribution is -1.97. The molecule has 26 heavy (non-hydrogen) atoms. The molecule has 0 saturated heterocycles. The molecule has 140 valence electrons. The topological polar surface area (TPSA) is 4.93 Å². The number of benzene rings is 2. The third kappa shape index (κ3) is 3.41. The minimum absolute atomic E-state index is 0.686. The van der Waals surface area contributed by atoms with Gasteiger partial charge < -0.3 is 4.57 Å². The first-order chi connectivity index (χ1) is 12.6. The molecule has 2 unspecified atom stereocenters. The van der Waals surface area contributed by atoms with Crippen LogP contribution >= 0.6 is 0 Å². The summed E-state index contributed by atoms with van der Waals surface area (Å²) in [6.07, 6.45) is 7.53. The first-order valence-electron chi connectivity index (χ1n) is 10.7. The molecule has 0 aliphatic rings. The van der Waals surface area contributed by atoms with Crippen LogP contribution in [0.15, 0.2) is 36.4 Å². The number of aryl methyl sites for hydroxylation is 1. The zero-order valence-corrected chi connectivity index (χ0v) is 17.3. The van der Waals surface area contributed by atoms with Crippen LogP contribution in [-0.4, -0.2) is 4.57 Å². The van der Waals surface area contributed by atoms with Crippen LogP contribution in [0, 0.1) is 0 Å². The normalized spacial score (nSPS) is 14.2. The molecule has 0 aliphatic carbocycles. The summed E-state index contributed by atoms with van der Waals surface area (Å²) < 4.78 is 2.36. The van der Waals surface area contributed by atoms with Crippen molar-refractivity contribution < 1.29 is 0 Å². The molecule has 0 spiro atoms.